The van der Waals surface area contributed by atoms with E-state index in [1.165, 1.54) is 0 Å². The van der Waals surface area contributed by atoms with Gasteiger partial charge in [0.05, 0.1) is 0 Å². The van der Waals surface area contributed by atoms with Gasteiger partial charge in [-0.25, -0.2) is 4.39 Å². The molecule has 0 radical (unpaired) electrons. The third-order valence-electron chi connectivity index (χ3n) is 1.06. The average Bonchev–Trinajstić information content (AvgIpc) is 1.84. The van der Waals surface area contributed by atoms with E-state index in [1.807, 2.05) is 0 Å². The highest BCUT2D eigenvalue weighted by atomic mass is 19.1. The molecular formula is C5H10FNO2. The van der Waals surface area contributed by atoms with E-state index < -0.39 is 18.2 Å². The Bertz CT molecular complexity index is 107. The highest BCUT2D eigenvalue weighted by Crippen LogP contribution is 2.00. The SMILES string of the molecule is CCC(F)C(N)C(=O)O. The van der Waals surface area contributed by atoms with E-state index in [1.54, 1.807) is 6.92 Å². The minimum absolute atomic E-state index is 0.146. The fourth-order valence-corrected chi connectivity index (χ4v) is 0.409. The number of rotatable bonds is 3. The number of halogens is 1. The Hall–Kier alpha value is -0.640. The van der Waals surface area contributed by atoms with Crippen LogP contribution in [0.2, 0.25) is 0 Å². The van der Waals surface area contributed by atoms with Gasteiger partial charge in [0.1, 0.15) is 12.2 Å². The number of alkyl halides is 1. The molecule has 3 nitrogen and oxygen atoms in total. The summed E-state index contributed by atoms with van der Waals surface area (Å²) in [6.45, 7) is 1.55. The van der Waals surface area contributed by atoms with Crippen molar-refractivity contribution in [1.29, 1.82) is 0 Å². The molecule has 0 saturated carbocycles. The summed E-state index contributed by atoms with van der Waals surface area (Å²) >= 11 is 0. The van der Waals surface area contributed by atoms with Gasteiger partial charge in [-0.15, -0.1) is 0 Å². The molecule has 2 atom stereocenters. The predicted octanol–water partition coefficient (Wildman–Crippen LogP) is 0.146. The number of hydrogen-bond acceptors (Lipinski definition) is 2. The lowest BCUT2D eigenvalue weighted by Gasteiger charge is -2.08. The quantitative estimate of drug-likeness (QED) is 0.578. The van der Waals surface area contributed by atoms with Crippen LogP contribution in [0.4, 0.5) is 4.39 Å². The van der Waals surface area contributed by atoms with E-state index in [-0.39, 0.29) is 6.42 Å². The second-order valence-corrected chi connectivity index (χ2v) is 1.79. The van der Waals surface area contributed by atoms with E-state index in [2.05, 4.69) is 0 Å². The second-order valence-electron chi connectivity index (χ2n) is 1.79. The molecule has 0 heterocycles. The molecule has 0 saturated heterocycles. The number of aliphatic carboxylic acids is 1. The van der Waals surface area contributed by atoms with Crippen LogP contribution in [-0.4, -0.2) is 23.3 Å². The summed E-state index contributed by atoms with van der Waals surface area (Å²) in [6.07, 6.45) is -1.28. The fraction of sp³-hybridized carbons (Fsp3) is 0.800. The number of carboxylic acids is 1. The summed E-state index contributed by atoms with van der Waals surface area (Å²) in [5.41, 5.74) is 4.90. The highest BCUT2D eigenvalue weighted by Gasteiger charge is 2.21. The van der Waals surface area contributed by atoms with Gasteiger partial charge in [-0.3, -0.25) is 4.79 Å². The smallest absolute Gasteiger partial charge is 0.323 e. The molecule has 0 aliphatic carbocycles. The van der Waals surface area contributed by atoms with Crippen molar-refractivity contribution >= 4 is 5.97 Å². The van der Waals surface area contributed by atoms with E-state index in [0.29, 0.717) is 0 Å². The van der Waals surface area contributed by atoms with Gasteiger partial charge in [-0.2, -0.15) is 0 Å². The molecule has 0 aliphatic rings. The van der Waals surface area contributed by atoms with Crippen molar-refractivity contribution in [3.8, 4) is 0 Å². The van der Waals surface area contributed by atoms with E-state index >= 15 is 0 Å². The van der Waals surface area contributed by atoms with Gasteiger partial charge in [-0.05, 0) is 6.42 Å². The number of hydrogen-bond donors (Lipinski definition) is 2. The zero-order valence-electron chi connectivity index (χ0n) is 5.17. The predicted molar refractivity (Wildman–Crippen MR) is 30.8 cm³/mol. The molecule has 2 unspecified atom stereocenters. The molecule has 3 N–H and O–H groups in total. The third-order valence-corrected chi connectivity index (χ3v) is 1.06. The van der Waals surface area contributed by atoms with Gasteiger partial charge in [-0.1, -0.05) is 6.92 Å². The molecule has 54 valence electrons. The summed E-state index contributed by atoms with van der Waals surface area (Å²) in [4.78, 5) is 9.93. The highest BCUT2D eigenvalue weighted by molar-refractivity contribution is 5.73. The molecule has 0 aromatic carbocycles. The molecule has 0 amide bonds. The maximum absolute atomic E-state index is 12.3. The molecule has 0 spiro atoms. The molecule has 9 heavy (non-hydrogen) atoms. The van der Waals surface area contributed by atoms with Gasteiger partial charge in [0, 0.05) is 0 Å². The third kappa shape index (κ3) is 2.41. The topological polar surface area (TPSA) is 63.3 Å². The van der Waals surface area contributed by atoms with Gasteiger partial charge >= 0.3 is 5.97 Å². The minimum Gasteiger partial charge on any atom is -0.480 e. The van der Waals surface area contributed by atoms with Crippen LogP contribution in [-0.2, 0) is 4.79 Å². The van der Waals surface area contributed by atoms with Gasteiger partial charge in [0.15, 0.2) is 0 Å². The van der Waals surface area contributed by atoms with Crippen LogP contribution in [0.15, 0.2) is 0 Å². The Morgan fingerprint density at radius 2 is 2.33 bits per heavy atom. The van der Waals surface area contributed by atoms with Gasteiger partial charge < -0.3 is 10.8 Å². The molecule has 4 heteroatoms. The number of carboxylic acid groups (broad SMARTS) is 1. The van der Waals surface area contributed by atoms with E-state index in [4.69, 9.17) is 10.8 Å². The molecule has 0 fully saturated rings. The fourth-order valence-electron chi connectivity index (χ4n) is 0.409. The lowest BCUT2D eigenvalue weighted by Crippen LogP contribution is -2.38. The average molecular weight is 135 g/mol. The van der Waals surface area contributed by atoms with Gasteiger partial charge in [0.2, 0.25) is 0 Å². The molecular weight excluding hydrogens is 125 g/mol. The minimum atomic E-state index is -1.43. The summed E-state index contributed by atoms with van der Waals surface area (Å²) in [5, 5.41) is 8.12. The lowest BCUT2D eigenvalue weighted by molar-refractivity contribution is -0.140. The number of carbonyl (C=O) groups is 1. The first-order valence-electron chi connectivity index (χ1n) is 2.72. The van der Waals surface area contributed by atoms with Crippen molar-refractivity contribution in [3.63, 3.8) is 0 Å². The summed E-state index contributed by atoms with van der Waals surface area (Å²) in [6, 6.07) is -1.37. The van der Waals surface area contributed by atoms with Gasteiger partial charge in [0.25, 0.3) is 0 Å². The summed E-state index contributed by atoms with van der Waals surface area (Å²) in [5.74, 6) is -1.29. The lowest BCUT2D eigenvalue weighted by atomic mass is 10.1. The molecule has 0 aromatic heterocycles. The zero-order valence-corrected chi connectivity index (χ0v) is 5.17. The molecule has 0 bridgehead atoms. The Balaban J connectivity index is 3.72. The standard InChI is InChI=1S/C5H10FNO2/c1-2-3(6)4(7)5(8)9/h3-4H,2,7H2,1H3,(H,8,9). The first-order valence-corrected chi connectivity index (χ1v) is 2.72. The summed E-state index contributed by atoms with van der Waals surface area (Å²) < 4.78 is 12.3. The van der Waals surface area contributed by atoms with Crippen molar-refractivity contribution in [2.75, 3.05) is 0 Å². The van der Waals surface area contributed by atoms with E-state index in [9.17, 15) is 9.18 Å². The van der Waals surface area contributed by atoms with Crippen molar-refractivity contribution in [1.82, 2.24) is 0 Å². The monoisotopic (exact) mass is 135 g/mol. The molecule has 0 rings (SSSR count). The van der Waals surface area contributed by atoms with Crippen molar-refractivity contribution < 1.29 is 14.3 Å². The Morgan fingerprint density at radius 1 is 1.89 bits per heavy atom. The normalized spacial score (nSPS) is 16.8. The van der Waals surface area contributed by atoms with Crippen LogP contribution in [0.3, 0.4) is 0 Å². The second kappa shape index (κ2) is 3.40. The first kappa shape index (κ1) is 8.36. The Labute approximate surface area is 52.7 Å². The zero-order chi connectivity index (χ0) is 7.44. The Morgan fingerprint density at radius 3 is 2.44 bits per heavy atom. The van der Waals surface area contributed by atoms with Crippen molar-refractivity contribution in [2.45, 2.75) is 25.6 Å². The maximum Gasteiger partial charge on any atom is 0.323 e. The van der Waals surface area contributed by atoms with Crippen LogP contribution >= 0.6 is 0 Å². The largest absolute Gasteiger partial charge is 0.480 e. The summed E-state index contributed by atoms with van der Waals surface area (Å²) in [7, 11) is 0. The van der Waals surface area contributed by atoms with Crippen LogP contribution in [0.1, 0.15) is 13.3 Å². The molecule has 0 aromatic rings. The number of nitrogens with two attached hydrogens (primary N) is 1. The first-order chi connectivity index (χ1) is 4.09. The maximum atomic E-state index is 12.3. The van der Waals surface area contributed by atoms with Crippen molar-refractivity contribution in [3.05, 3.63) is 0 Å². The van der Waals surface area contributed by atoms with E-state index in [0.717, 1.165) is 0 Å². The van der Waals surface area contributed by atoms with Crippen LogP contribution in [0, 0.1) is 0 Å². The van der Waals surface area contributed by atoms with Crippen molar-refractivity contribution in [2.24, 2.45) is 5.73 Å². The van der Waals surface area contributed by atoms with Crippen LogP contribution in [0.5, 0.6) is 0 Å². The molecule has 0 aliphatic heterocycles. The Kier molecular flexibility index (Phi) is 3.16. The van der Waals surface area contributed by atoms with Crippen LogP contribution < -0.4 is 5.73 Å². The van der Waals surface area contributed by atoms with Crippen LogP contribution in [0.25, 0.3) is 0 Å².